The highest BCUT2D eigenvalue weighted by Crippen LogP contribution is 2.27. The molecule has 0 atom stereocenters. The maximum Gasteiger partial charge on any atom is 0.218 e. The molecular weight excluding hydrogens is 330 g/mol. The molecule has 0 unspecified atom stereocenters. The Hall–Kier alpha value is -2.18. The van der Waals surface area contributed by atoms with E-state index >= 15 is 0 Å². The van der Waals surface area contributed by atoms with Crippen LogP contribution in [0.25, 0.3) is 5.13 Å². The van der Waals surface area contributed by atoms with Gasteiger partial charge in [-0.25, -0.2) is 0 Å². The molecule has 0 saturated carbocycles. The van der Waals surface area contributed by atoms with E-state index in [-0.39, 0.29) is 0 Å². The van der Waals surface area contributed by atoms with Gasteiger partial charge in [0.05, 0.1) is 0 Å². The van der Waals surface area contributed by atoms with Crippen molar-refractivity contribution in [2.24, 2.45) is 0 Å². The van der Waals surface area contributed by atoms with Crippen LogP contribution in [0.1, 0.15) is 29.7 Å². The number of anilines is 1. The van der Waals surface area contributed by atoms with E-state index in [2.05, 4.69) is 74.5 Å². The van der Waals surface area contributed by atoms with Crippen LogP contribution >= 0.6 is 11.3 Å². The Morgan fingerprint density at radius 1 is 1.00 bits per heavy atom. The first-order valence-corrected chi connectivity index (χ1v) is 9.62. The van der Waals surface area contributed by atoms with Gasteiger partial charge in [0.1, 0.15) is 0 Å². The zero-order chi connectivity index (χ0) is 17.1. The molecule has 1 fully saturated rings. The van der Waals surface area contributed by atoms with Crippen LogP contribution in [-0.2, 0) is 13.1 Å². The Morgan fingerprint density at radius 2 is 1.76 bits per heavy atom. The summed E-state index contributed by atoms with van der Waals surface area (Å²) in [5.41, 5.74) is 3.80. The summed E-state index contributed by atoms with van der Waals surface area (Å²) in [4.78, 5) is 2.33. The normalized spacial score (nSPS) is 14.4. The number of rotatable bonds is 6. The van der Waals surface area contributed by atoms with E-state index in [1.165, 1.54) is 29.7 Å². The molecule has 1 saturated heterocycles. The summed E-state index contributed by atoms with van der Waals surface area (Å²) in [5, 5.41) is 14.3. The van der Waals surface area contributed by atoms with E-state index in [0.717, 1.165) is 36.4 Å². The van der Waals surface area contributed by atoms with E-state index in [1.54, 1.807) is 11.3 Å². The summed E-state index contributed by atoms with van der Waals surface area (Å²) in [6.45, 7) is 5.99. The van der Waals surface area contributed by atoms with Crippen molar-refractivity contribution in [3.8, 4) is 5.13 Å². The Labute approximate surface area is 152 Å². The summed E-state index contributed by atoms with van der Waals surface area (Å²) < 4.78 is 2.14. The summed E-state index contributed by atoms with van der Waals surface area (Å²) in [7, 11) is 0. The maximum atomic E-state index is 4.40. The molecule has 0 bridgehead atoms. The third-order valence-corrected chi connectivity index (χ3v) is 5.56. The van der Waals surface area contributed by atoms with Gasteiger partial charge in [0.15, 0.2) is 0 Å². The number of aromatic nitrogens is 3. The second kappa shape index (κ2) is 7.37. The summed E-state index contributed by atoms with van der Waals surface area (Å²) in [6, 6.07) is 12.9. The van der Waals surface area contributed by atoms with Crippen molar-refractivity contribution < 1.29 is 0 Å². The fourth-order valence-electron chi connectivity index (χ4n) is 3.13. The zero-order valence-electron chi connectivity index (χ0n) is 14.5. The molecule has 1 aromatic carbocycles. The summed E-state index contributed by atoms with van der Waals surface area (Å²) in [5.74, 6) is 0. The molecule has 130 valence electrons. The number of nitrogens with zero attached hydrogens (tertiary/aromatic N) is 4. The van der Waals surface area contributed by atoms with E-state index in [4.69, 9.17) is 0 Å². The minimum atomic E-state index is 0.805. The van der Waals surface area contributed by atoms with Gasteiger partial charge in [-0.15, -0.1) is 10.2 Å². The molecule has 1 N–H and O–H groups in total. The Balaban J connectivity index is 1.41. The molecule has 0 amide bonds. The van der Waals surface area contributed by atoms with Crippen molar-refractivity contribution in [1.29, 1.82) is 0 Å². The largest absolute Gasteiger partial charge is 0.347 e. The van der Waals surface area contributed by atoms with Gasteiger partial charge in [-0.3, -0.25) is 4.57 Å². The van der Waals surface area contributed by atoms with Gasteiger partial charge < -0.3 is 10.2 Å². The molecular formula is C19H23N5S. The average Bonchev–Trinajstić information content (AvgIpc) is 3.37. The van der Waals surface area contributed by atoms with Gasteiger partial charge in [0, 0.05) is 38.1 Å². The molecule has 3 aromatic rings. The number of hydrogen-bond donors (Lipinski definition) is 1. The molecule has 6 heteroatoms. The van der Waals surface area contributed by atoms with Crippen LogP contribution in [0.5, 0.6) is 0 Å². The van der Waals surface area contributed by atoms with Crippen molar-refractivity contribution in [2.45, 2.75) is 32.9 Å². The van der Waals surface area contributed by atoms with Crippen LogP contribution in [-0.4, -0.2) is 27.9 Å². The summed E-state index contributed by atoms with van der Waals surface area (Å²) in [6.07, 6.45) is 4.58. The molecule has 0 spiro atoms. The molecule has 0 radical (unpaired) electrons. The third kappa shape index (κ3) is 3.75. The van der Waals surface area contributed by atoms with E-state index < -0.39 is 0 Å². The molecule has 1 aliphatic heterocycles. The zero-order valence-corrected chi connectivity index (χ0v) is 15.3. The Kier molecular flexibility index (Phi) is 4.81. The van der Waals surface area contributed by atoms with Crippen LogP contribution in [0.2, 0.25) is 0 Å². The van der Waals surface area contributed by atoms with E-state index in [0.29, 0.717) is 0 Å². The first-order chi connectivity index (χ1) is 12.3. The average molecular weight is 353 g/mol. The minimum absolute atomic E-state index is 0.805. The Bertz CT molecular complexity index is 814. The van der Waals surface area contributed by atoms with Crippen molar-refractivity contribution in [1.82, 2.24) is 20.1 Å². The topological polar surface area (TPSA) is 46.0 Å². The lowest BCUT2D eigenvalue weighted by Crippen LogP contribution is -2.17. The monoisotopic (exact) mass is 353 g/mol. The van der Waals surface area contributed by atoms with Crippen LogP contribution in [0.3, 0.4) is 0 Å². The van der Waals surface area contributed by atoms with Crippen molar-refractivity contribution in [3.05, 3.63) is 59.4 Å². The van der Waals surface area contributed by atoms with Crippen LogP contribution in [0.15, 0.2) is 42.6 Å². The van der Waals surface area contributed by atoms with Gasteiger partial charge >= 0.3 is 0 Å². The highest BCUT2D eigenvalue weighted by Gasteiger charge is 2.17. The lowest BCUT2D eigenvalue weighted by atomic mass is 10.1. The molecule has 0 aliphatic carbocycles. The highest BCUT2D eigenvalue weighted by atomic mass is 32.1. The van der Waals surface area contributed by atoms with Crippen LogP contribution < -0.4 is 10.2 Å². The second-order valence-corrected chi connectivity index (χ2v) is 7.45. The lowest BCUT2D eigenvalue weighted by Gasteiger charge is -2.11. The molecule has 3 heterocycles. The Morgan fingerprint density at radius 3 is 2.56 bits per heavy atom. The molecule has 5 nitrogen and oxygen atoms in total. The van der Waals surface area contributed by atoms with Crippen molar-refractivity contribution in [3.63, 3.8) is 0 Å². The number of hydrogen-bond acceptors (Lipinski definition) is 5. The molecule has 25 heavy (non-hydrogen) atoms. The second-order valence-electron chi connectivity index (χ2n) is 6.52. The predicted octanol–water partition coefficient (Wildman–Crippen LogP) is 3.53. The standard InChI is InChI=1S/C19H23N5S/c1-15-6-8-16(9-7-15)13-20-14-17-5-4-12-24(17)19-22-21-18(25-19)23-10-2-3-11-23/h4-9,12,20H,2-3,10-11,13-14H2,1H3. The smallest absolute Gasteiger partial charge is 0.218 e. The van der Waals surface area contributed by atoms with Gasteiger partial charge in [-0.1, -0.05) is 41.2 Å². The lowest BCUT2D eigenvalue weighted by molar-refractivity contribution is 0.668. The summed E-state index contributed by atoms with van der Waals surface area (Å²) >= 11 is 1.67. The quantitative estimate of drug-likeness (QED) is 0.736. The third-order valence-electron chi connectivity index (χ3n) is 4.58. The van der Waals surface area contributed by atoms with E-state index in [9.17, 15) is 0 Å². The molecule has 2 aromatic heterocycles. The highest BCUT2D eigenvalue weighted by molar-refractivity contribution is 7.17. The van der Waals surface area contributed by atoms with Crippen molar-refractivity contribution in [2.75, 3.05) is 18.0 Å². The number of nitrogens with one attached hydrogen (secondary N) is 1. The number of aryl methyl sites for hydroxylation is 1. The first-order valence-electron chi connectivity index (χ1n) is 8.81. The van der Waals surface area contributed by atoms with Gasteiger partial charge in [-0.05, 0) is 37.5 Å². The van der Waals surface area contributed by atoms with Gasteiger partial charge in [-0.2, -0.15) is 0 Å². The molecule has 4 rings (SSSR count). The first kappa shape index (κ1) is 16.3. The van der Waals surface area contributed by atoms with Crippen molar-refractivity contribution >= 4 is 16.5 Å². The van der Waals surface area contributed by atoms with Crippen LogP contribution in [0.4, 0.5) is 5.13 Å². The fourth-order valence-corrected chi connectivity index (χ4v) is 4.04. The SMILES string of the molecule is Cc1ccc(CNCc2cccn2-c2nnc(N3CCCC3)s2)cc1. The minimum Gasteiger partial charge on any atom is -0.347 e. The van der Waals surface area contributed by atoms with Crippen LogP contribution in [0, 0.1) is 6.92 Å². The van der Waals surface area contributed by atoms with Gasteiger partial charge in [0.25, 0.3) is 0 Å². The maximum absolute atomic E-state index is 4.40. The predicted molar refractivity (Wildman–Crippen MR) is 102 cm³/mol. The molecule has 1 aliphatic rings. The van der Waals surface area contributed by atoms with Gasteiger partial charge in [0.2, 0.25) is 10.3 Å². The fraction of sp³-hybridized carbons (Fsp3) is 0.368. The van der Waals surface area contributed by atoms with E-state index in [1.807, 2.05) is 0 Å². The number of benzene rings is 1.